The molecule has 0 radical (unpaired) electrons. The van der Waals surface area contributed by atoms with Crippen molar-refractivity contribution in [2.24, 2.45) is 23.3 Å². The molecule has 2 unspecified atom stereocenters. The van der Waals surface area contributed by atoms with Crippen molar-refractivity contribution < 1.29 is 14.7 Å². The summed E-state index contributed by atoms with van der Waals surface area (Å²) < 4.78 is 0. The predicted molar refractivity (Wildman–Crippen MR) is 78.6 cm³/mol. The number of Topliss-reactive ketones (excluding diaryl/α,β-unsaturated/α-hetero) is 1. The number of amidine groups is 1. The van der Waals surface area contributed by atoms with Crippen LogP contribution in [0.1, 0.15) is 52.4 Å². The van der Waals surface area contributed by atoms with E-state index < -0.39 is 17.9 Å². The summed E-state index contributed by atoms with van der Waals surface area (Å²) in [6, 6.07) is -0.615. The van der Waals surface area contributed by atoms with Crippen molar-refractivity contribution in [3.8, 4) is 0 Å². The molecule has 6 nitrogen and oxygen atoms in total. The molecule has 0 amide bonds. The highest BCUT2D eigenvalue weighted by Gasteiger charge is 2.24. The Morgan fingerprint density at radius 3 is 2.30 bits per heavy atom. The number of rotatable bonds is 11. The molecule has 6 heteroatoms. The molecule has 0 rings (SSSR count). The van der Waals surface area contributed by atoms with Gasteiger partial charge in [0.05, 0.1) is 17.8 Å². The lowest BCUT2D eigenvalue weighted by atomic mass is 9.90. The van der Waals surface area contributed by atoms with E-state index in [0.29, 0.717) is 25.7 Å². The maximum absolute atomic E-state index is 11.9. The van der Waals surface area contributed by atoms with Crippen LogP contribution in [-0.2, 0) is 9.59 Å². The Balaban J connectivity index is 4.15. The average molecular weight is 285 g/mol. The Morgan fingerprint density at radius 1 is 1.25 bits per heavy atom. The maximum atomic E-state index is 11.9. The molecule has 0 aliphatic carbocycles. The van der Waals surface area contributed by atoms with Gasteiger partial charge in [-0.3, -0.25) is 15.0 Å². The number of unbranched alkanes of at least 4 members (excludes halogenated alkanes) is 1. The fourth-order valence-corrected chi connectivity index (χ4v) is 2.08. The van der Waals surface area contributed by atoms with Crippen molar-refractivity contribution in [2.45, 2.75) is 58.4 Å². The lowest BCUT2D eigenvalue weighted by Crippen LogP contribution is -2.33. The number of hydrogen-bond acceptors (Lipinski definition) is 4. The van der Waals surface area contributed by atoms with E-state index in [-0.39, 0.29) is 24.0 Å². The molecule has 0 spiro atoms. The van der Waals surface area contributed by atoms with Crippen LogP contribution in [0.3, 0.4) is 0 Å². The smallest absolute Gasteiger partial charge is 0.306 e. The third kappa shape index (κ3) is 8.63. The third-order valence-corrected chi connectivity index (χ3v) is 3.18. The van der Waals surface area contributed by atoms with E-state index in [4.69, 9.17) is 22.0 Å². The molecule has 0 fully saturated rings. The van der Waals surface area contributed by atoms with Gasteiger partial charge >= 0.3 is 5.97 Å². The molecule has 0 aliphatic rings. The molecular weight excluding hydrogens is 258 g/mol. The minimum absolute atomic E-state index is 0.00138. The first-order valence-electron chi connectivity index (χ1n) is 7.08. The van der Waals surface area contributed by atoms with E-state index in [1.54, 1.807) is 0 Å². The van der Waals surface area contributed by atoms with Crippen LogP contribution >= 0.6 is 0 Å². The number of hydrogen-bond donors (Lipinski definition) is 4. The first-order chi connectivity index (χ1) is 9.23. The molecule has 0 aromatic heterocycles. The number of carboxylic acid groups (broad SMARTS) is 1. The number of carbonyl (C=O) groups is 2. The summed E-state index contributed by atoms with van der Waals surface area (Å²) >= 11 is 0. The molecule has 0 saturated heterocycles. The largest absolute Gasteiger partial charge is 0.481 e. The molecular formula is C14H27N3O3. The van der Waals surface area contributed by atoms with Crippen LogP contribution in [0.25, 0.3) is 0 Å². The molecule has 0 bridgehead atoms. The first kappa shape index (κ1) is 18.6. The van der Waals surface area contributed by atoms with Crippen molar-refractivity contribution >= 4 is 17.6 Å². The van der Waals surface area contributed by atoms with Gasteiger partial charge in [0.25, 0.3) is 0 Å². The number of nitrogens with two attached hydrogens (primary N) is 2. The van der Waals surface area contributed by atoms with Gasteiger partial charge in [0, 0.05) is 12.8 Å². The summed E-state index contributed by atoms with van der Waals surface area (Å²) in [6.07, 6.45) is 2.95. The summed E-state index contributed by atoms with van der Waals surface area (Å²) in [7, 11) is 0. The Labute approximate surface area is 120 Å². The quantitative estimate of drug-likeness (QED) is 0.260. The van der Waals surface area contributed by atoms with Gasteiger partial charge in [0.1, 0.15) is 5.78 Å². The molecule has 6 N–H and O–H groups in total. The molecule has 0 aromatic rings. The minimum Gasteiger partial charge on any atom is -0.481 e. The zero-order chi connectivity index (χ0) is 15.7. The van der Waals surface area contributed by atoms with Gasteiger partial charge in [-0.1, -0.05) is 20.3 Å². The van der Waals surface area contributed by atoms with Crippen LogP contribution in [-0.4, -0.2) is 28.7 Å². The van der Waals surface area contributed by atoms with Crippen LogP contribution in [0.2, 0.25) is 0 Å². The Morgan fingerprint density at radius 2 is 1.85 bits per heavy atom. The molecule has 0 aliphatic heterocycles. The molecule has 20 heavy (non-hydrogen) atoms. The molecule has 0 aromatic carbocycles. The molecule has 0 saturated carbocycles. The van der Waals surface area contributed by atoms with Crippen LogP contribution in [0.5, 0.6) is 0 Å². The van der Waals surface area contributed by atoms with Gasteiger partial charge in [0.15, 0.2) is 0 Å². The zero-order valence-electron chi connectivity index (χ0n) is 12.4. The van der Waals surface area contributed by atoms with E-state index in [1.807, 2.05) is 13.8 Å². The Bertz CT molecular complexity index is 343. The predicted octanol–water partition coefficient (Wildman–Crippen LogP) is 1.52. The van der Waals surface area contributed by atoms with Crippen molar-refractivity contribution in [2.75, 3.05) is 0 Å². The van der Waals surface area contributed by atoms with E-state index in [0.717, 1.165) is 6.42 Å². The standard InChI is InChI=1S/C14H27N3O3/c1-9(2)7-10(14(19)20)8-12(18)11(15)5-3-4-6-13(16)17/h9-11H,3-8,15H2,1-2H3,(H3,16,17)(H,19,20). The average Bonchev–Trinajstić information content (AvgIpc) is 2.32. The lowest BCUT2D eigenvalue weighted by molar-refractivity contribution is -0.144. The van der Waals surface area contributed by atoms with E-state index in [2.05, 4.69) is 0 Å². The van der Waals surface area contributed by atoms with Gasteiger partial charge in [-0.05, 0) is 25.2 Å². The highest BCUT2D eigenvalue weighted by atomic mass is 16.4. The fourth-order valence-electron chi connectivity index (χ4n) is 2.08. The molecule has 116 valence electrons. The first-order valence-corrected chi connectivity index (χ1v) is 7.08. The second-order valence-electron chi connectivity index (χ2n) is 5.71. The molecule has 2 atom stereocenters. The number of ketones is 1. The van der Waals surface area contributed by atoms with Gasteiger partial charge in [0.2, 0.25) is 0 Å². The SMILES string of the molecule is CC(C)CC(CC(=O)C(N)CCCCC(=N)N)C(=O)O. The Hall–Kier alpha value is -1.43. The van der Waals surface area contributed by atoms with Crippen molar-refractivity contribution in [1.29, 1.82) is 5.41 Å². The van der Waals surface area contributed by atoms with Crippen LogP contribution in [0, 0.1) is 17.2 Å². The van der Waals surface area contributed by atoms with Gasteiger partial charge in [-0.15, -0.1) is 0 Å². The number of carbonyl (C=O) groups excluding carboxylic acids is 1. The summed E-state index contributed by atoms with van der Waals surface area (Å²) in [4.78, 5) is 23.0. The van der Waals surface area contributed by atoms with Gasteiger partial charge in [-0.25, -0.2) is 0 Å². The molecule has 0 heterocycles. The fraction of sp³-hybridized carbons (Fsp3) is 0.786. The maximum Gasteiger partial charge on any atom is 0.306 e. The van der Waals surface area contributed by atoms with E-state index in [9.17, 15) is 9.59 Å². The monoisotopic (exact) mass is 285 g/mol. The Kier molecular flexibility index (Phi) is 8.79. The van der Waals surface area contributed by atoms with Gasteiger partial charge < -0.3 is 16.6 Å². The topological polar surface area (TPSA) is 130 Å². The number of aliphatic carboxylic acids is 1. The number of carboxylic acids is 1. The zero-order valence-corrected chi connectivity index (χ0v) is 12.4. The highest BCUT2D eigenvalue weighted by Crippen LogP contribution is 2.17. The van der Waals surface area contributed by atoms with Crippen LogP contribution in [0.15, 0.2) is 0 Å². The van der Waals surface area contributed by atoms with Crippen molar-refractivity contribution in [3.05, 3.63) is 0 Å². The summed E-state index contributed by atoms with van der Waals surface area (Å²) in [5.41, 5.74) is 11.0. The second-order valence-corrected chi connectivity index (χ2v) is 5.71. The third-order valence-electron chi connectivity index (χ3n) is 3.18. The normalized spacial score (nSPS) is 14.0. The van der Waals surface area contributed by atoms with Crippen molar-refractivity contribution in [1.82, 2.24) is 0 Å². The lowest BCUT2D eigenvalue weighted by Gasteiger charge is -2.16. The van der Waals surface area contributed by atoms with E-state index >= 15 is 0 Å². The highest BCUT2D eigenvalue weighted by molar-refractivity contribution is 5.87. The summed E-state index contributed by atoms with van der Waals surface area (Å²) in [6.45, 7) is 3.87. The van der Waals surface area contributed by atoms with E-state index in [1.165, 1.54) is 0 Å². The van der Waals surface area contributed by atoms with Crippen molar-refractivity contribution in [3.63, 3.8) is 0 Å². The minimum atomic E-state index is -0.934. The second kappa shape index (κ2) is 9.47. The number of nitrogens with one attached hydrogen (secondary N) is 1. The van der Waals surface area contributed by atoms with Crippen LogP contribution < -0.4 is 11.5 Å². The summed E-state index contributed by atoms with van der Waals surface area (Å²) in [5.74, 6) is -1.41. The van der Waals surface area contributed by atoms with Crippen LogP contribution in [0.4, 0.5) is 0 Å². The van der Waals surface area contributed by atoms with Gasteiger partial charge in [-0.2, -0.15) is 0 Å². The summed E-state index contributed by atoms with van der Waals surface area (Å²) in [5, 5.41) is 16.2.